The molecule has 1 heterocycles. The molecule has 0 amide bonds. The predicted molar refractivity (Wildman–Crippen MR) is 82.7 cm³/mol. The molecule has 2 aromatic carbocycles. The zero-order chi connectivity index (χ0) is 14.4. The van der Waals surface area contributed by atoms with Crippen LogP contribution in [0.5, 0.6) is 0 Å². The first-order chi connectivity index (χ1) is 10.2. The van der Waals surface area contributed by atoms with Gasteiger partial charge in [0.2, 0.25) is 0 Å². The van der Waals surface area contributed by atoms with Crippen LogP contribution in [0, 0.1) is 0 Å². The smallest absolute Gasteiger partial charge is 0.335 e. The summed E-state index contributed by atoms with van der Waals surface area (Å²) in [5, 5.41) is 10.3. The first-order valence-corrected chi connectivity index (χ1v) is 7.18. The summed E-state index contributed by atoms with van der Waals surface area (Å²) in [5.74, 6) is -0.215. The number of carbonyl (C=O) groups is 1. The number of fused-ring (bicyclic) bond motifs is 1. The zero-order valence-electron chi connectivity index (χ0n) is 11.5. The van der Waals surface area contributed by atoms with Crippen LogP contribution in [-0.2, 0) is 0 Å². The Hall–Kier alpha value is -2.55. The Morgan fingerprint density at radius 1 is 1.10 bits per heavy atom. The molecule has 0 saturated heterocycles. The van der Waals surface area contributed by atoms with E-state index in [4.69, 9.17) is 5.11 Å². The van der Waals surface area contributed by atoms with Gasteiger partial charge in [-0.05, 0) is 54.2 Å². The van der Waals surface area contributed by atoms with Gasteiger partial charge >= 0.3 is 5.97 Å². The fraction of sp³-hybridized carbons (Fsp3) is 0.167. The van der Waals surface area contributed by atoms with Crippen molar-refractivity contribution in [3.8, 4) is 11.1 Å². The van der Waals surface area contributed by atoms with E-state index in [2.05, 4.69) is 17.1 Å². The van der Waals surface area contributed by atoms with E-state index in [1.807, 2.05) is 18.2 Å². The molecule has 1 aliphatic carbocycles. The largest absolute Gasteiger partial charge is 0.478 e. The molecule has 3 heteroatoms. The fourth-order valence-corrected chi connectivity index (χ4v) is 2.86. The monoisotopic (exact) mass is 277 g/mol. The van der Waals surface area contributed by atoms with E-state index < -0.39 is 5.97 Å². The lowest BCUT2D eigenvalue weighted by Gasteiger charge is -2.04. The third-order valence-corrected chi connectivity index (χ3v) is 4.12. The number of aromatic nitrogens is 1. The molecular weight excluding hydrogens is 262 g/mol. The highest BCUT2D eigenvalue weighted by Gasteiger charge is 2.25. The summed E-state index contributed by atoms with van der Waals surface area (Å²) in [6.45, 7) is 0. The molecule has 0 bridgehead atoms. The van der Waals surface area contributed by atoms with Crippen molar-refractivity contribution in [2.45, 2.75) is 18.8 Å². The lowest BCUT2D eigenvalue weighted by molar-refractivity contribution is 0.0697. The Labute approximate surface area is 122 Å². The first kappa shape index (κ1) is 12.2. The van der Waals surface area contributed by atoms with Crippen LogP contribution in [-0.4, -0.2) is 16.1 Å². The lowest BCUT2D eigenvalue weighted by atomic mass is 9.99. The number of carboxylic acid groups (broad SMARTS) is 1. The van der Waals surface area contributed by atoms with Gasteiger partial charge in [-0.2, -0.15) is 0 Å². The van der Waals surface area contributed by atoms with Crippen LogP contribution in [0.4, 0.5) is 0 Å². The van der Waals surface area contributed by atoms with E-state index in [-0.39, 0.29) is 0 Å². The molecule has 104 valence electrons. The number of nitrogens with one attached hydrogen (secondary N) is 1. The lowest BCUT2D eigenvalue weighted by Crippen LogP contribution is -1.95. The van der Waals surface area contributed by atoms with Crippen molar-refractivity contribution in [1.82, 2.24) is 4.98 Å². The SMILES string of the molecule is O=C(O)c1cccc(-c2cccc3[nH]c(C4CC4)cc23)c1. The minimum Gasteiger partial charge on any atom is -0.478 e. The van der Waals surface area contributed by atoms with Gasteiger partial charge in [-0.3, -0.25) is 0 Å². The van der Waals surface area contributed by atoms with E-state index in [9.17, 15) is 4.79 Å². The molecule has 0 aliphatic heterocycles. The maximum Gasteiger partial charge on any atom is 0.335 e. The molecule has 3 nitrogen and oxygen atoms in total. The standard InChI is InChI=1S/C18H15NO2/c20-18(21)13-4-1-3-12(9-13)14-5-2-6-16-15(14)10-17(19-16)11-7-8-11/h1-6,9-11,19H,7-8H2,(H,20,21). The predicted octanol–water partition coefficient (Wildman–Crippen LogP) is 4.41. The van der Waals surface area contributed by atoms with Gasteiger partial charge in [0.05, 0.1) is 5.56 Å². The average Bonchev–Trinajstić information content (AvgIpc) is 3.26. The van der Waals surface area contributed by atoms with Crippen molar-refractivity contribution in [3.63, 3.8) is 0 Å². The third-order valence-electron chi connectivity index (χ3n) is 4.12. The van der Waals surface area contributed by atoms with Crippen molar-refractivity contribution in [2.24, 2.45) is 0 Å². The van der Waals surface area contributed by atoms with Gasteiger partial charge in [0.1, 0.15) is 0 Å². The Kier molecular flexibility index (Phi) is 2.61. The van der Waals surface area contributed by atoms with Crippen molar-refractivity contribution in [1.29, 1.82) is 0 Å². The minimum absolute atomic E-state index is 0.322. The summed E-state index contributed by atoms with van der Waals surface area (Å²) in [4.78, 5) is 14.6. The van der Waals surface area contributed by atoms with Crippen LogP contribution >= 0.6 is 0 Å². The maximum absolute atomic E-state index is 11.1. The van der Waals surface area contributed by atoms with E-state index in [1.165, 1.54) is 23.9 Å². The molecule has 0 spiro atoms. The van der Waals surface area contributed by atoms with E-state index in [0.717, 1.165) is 16.6 Å². The molecule has 2 N–H and O–H groups in total. The summed E-state index contributed by atoms with van der Waals surface area (Å²) in [6, 6.07) is 15.5. The Morgan fingerprint density at radius 2 is 1.90 bits per heavy atom. The number of rotatable bonds is 3. The molecule has 3 aromatic rings. The number of hydrogen-bond donors (Lipinski definition) is 2. The number of hydrogen-bond acceptors (Lipinski definition) is 1. The van der Waals surface area contributed by atoms with E-state index >= 15 is 0 Å². The number of carboxylic acids is 1. The van der Waals surface area contributed by atoms with Gasteiger partial charge in [-0.1, -0.05) is 24.3 Å². The Bertz CT molecular complexity index is 843. The quantitative estimate of drug-likeness (QED) is 0.745. The zero-order valence-corrected chi connectivity index (χ0v) is 11.5. The van der Waals surface area contributed by atoms with E-state index in [0.29, 0.717) is 11.5 Å². The van der Waals surface area contributed by atoms with Crippen LogP contribution in [0.2, 0.25) is 0 Å². The van der Waals surface area contributed by atoms with Crippen LogP contribution in [0.15, 0.2) is 48.5 Å². The maximum atomic E-state index is 11.1. The average molecular weight is 277 g/mol. The highest BCUT2D eigenvalue weighted by molar-refractivity contribution is 5.97. The van der Waals surface area contributed by atoms with Crippen molar-refractivity contribution < 1.29 is 9.90 Å². The van der Waals surface area contributed by atoms with Gasteiger partial charge in [-0.25, -0.2) is 4.79 Å². The first-order valence-electron chi connectivity index (χ1n) is 7.18. The van der Waals surface area contributed by atoms with Crippen LogP contribution in [0.3, 0.4) is 0 Å². The molecular formula is C18H15NO2. The van der Waals surface area contributed by atoms with Crippen molar-refractivity contribution >= 4 is 16.9 Å². The second-order valence-corrected chi connectivity index (χ2v) is 5.65. The molecule has 1 aliphatic rings. The molecule has 0 radical (unpaired) electrons. The highest BCUT2D eigenvalue weighted by Crippen LogP contribution is 2.41. The summed E-state index contributed by atoms with van der Waals surface area (Å²) in [6.07, 6.45) is 2.52. The van der Waals surface area contributed by atoms with Gasteiger partial charge in [-0.15, -0.1) is 0 Å². The minimum atomic E-state index is -0.892. The van der Waals surface area contributed by atoms with Gasteiger partial charge in [0, 0.05) is 16.6 Å². The number of aromatic amines is 1. The normalized spacial score (nSPS) is 14.5. The van der Waals surface area contributed by atoms with Crippen molar-refractivity contribution in [3.05, 3.63) is 59.8 Å². The Balaban J connectivity index is 1.89. The van der Waals surface area contributed by atoms with Crippen molar-refractivity contribution in [2.75, 3.05) is 0 Å². The highest BCUT2D eigenvalue weighted by atomic mass is 16.4. The van der Waals surface area contributed by atoms with Gasteiger partial charge in [0.25, 0.3) is 0 Å². The number of benzene rings is 2. The second kappa shape index (κ2) is 4.48. The Morgan fingerprint density at radius 3 is 2.67 bits per heavy atom. The fourth-order valence-electron chi connectivity index (χ4n) is 2.86. The number of H-pyrrole nitrogens is 1. The second-order valence-electron chi connectivity index (χ2n) is 5.65. The molecule has 0 unspecified atom stereocenters. The number of aromatic carboxylic acids is 1. The molecule has 21 heavy (non-hydrogen) atoms. The van der Waals surface area contributed by atoms with Gasteiger partial charge < -0.3 is 10.1 Å². The van der Waals surface area contributed by atoms with E-state index in [1.54, 1.807) is 18.2 Å². The van der Waals surface area contributed by atoms with Crippen LogP contribution in [0.25, 0.3) is 22.0 Å². The van der Waals surface area contributed by atoms with Crippen LogP contribution < -0.4 is 0 Å². The van der Waals surface area contributed by atoms with Crippen LogP contribution in [0.1, 0.15) is 34.8 Å². The molecule has 1 aromatic heterocycles. The molecule has 1 saturated carbocycles. The topological polar surface area (TPSA) is 53.1 Å². The summed E-state index contributed by atoms with van der Waals surface area (Å²) < 4.78 is 0. The van der Waals surface area contributed by atoms with Gasteiger partial charge in [0.15, 0.2) is 0 Å². The summed E-state index contributed by atoms with van der Waals surface area (Å²) in [5.41, 5.74) is 4.77. The molecule has 1 fully saturated rings. The molecule has 4 rings (SSSR count). The molecule has 0 atom stereocenters. The third kappa shape index (κ3) is 2.11. The summed E-state index contributed by atoms with van der Waals surface area (Å²) >= 11 is 0. The summed E-state index contributed by atoms with van der Waals surface area (Å²) in [7, 11) is 0.